The molecule has 31 heavy (non-hydrogen) atoms. The van der Waals surface area contributed by atoms with Crippen molar-refractivity contribution in [3.63, 3.8) is 0 Å². The number of carbonyl (C=O) groups is 1. The normalized spacial score (nSPS) is 17.5. The van der Waals surface area contributed by atoms with E-state index >= 15 is 0 Å². The Morgan fingerprint density at radius 2 is 2.06 bits per heavy atom. The first-order valence-corrected chi connectivity index (χ1v) is 9.30. The van der Waals surface area contributed by atoms with Crippen molar-refractivity contribution < 1.29 is 31.8 Å². The Bertz CT molecular complexity index is 965. The van der Waals surface area contributed by atoms with Gasteiger partial charge in [0.25, 0.3) is 11.5 Å². The summed E-state index contributed by atoms with van der Waals surface area (Å²) >= 11 is 0. The molecule has 1 aliphatic heterocycles. The summed E-state index contributed by atoms with van der Waals surface area (Å²) in [6, 6.07) is 5.21. The number of aromatic nitrogens is 2. The number of hydrogen-bond acceptors (Lipinski definition) is 6. The van der Waals surface area contributed by atoms with E-state index < -0.39 is 35.8 Å². The lowest BCUT2D eigenvalue weighted by atomic mass is 10.1. The Hall–Kier alpha value is -3.15. The summed E-state index contributed by atoms with van der Waals surface area (Å²) in [5.74, 6) is -1.01. The molecule has 1 amide bonds. The molecule has 2 heterocycles. The van der Waals surface area contributed by atoms with Crippen molar-refractivity contribution in [2.24, 2.45) is 0 Å². The number of ether oxygens (including phenoxy) is 2. The van der Waals surface area contributed by atoms with E-state index in [9.17, 15) is 27.2 Å². The Balaban J connectivity index is 1.76. The van der Waals surface area contributed by atoms with Crippen LogP contribution >= 0.6 is 0 Å². The highest BCUT2D eigenvalue weighted by molar-refractivity contribution is 5.92. The molecule has 8 nitrogen and oxygen atoms in total. The molecule has 1 saturated heterocycles. The topological polar surface area (TPSA) is 96.5 Å². The van der Waals surface area contributed by atoms with Crippen LogP contribution in [0.5, 0.6) is 5.75 Å². The Morgan fingerprint density at radius 3 is 2.65 bits per heavy atom. The van der Waals surface area contributed by atoms with Gasteiger partial charge in [0.05, 0.1) is 19.2 Å². The maximum atomic E-state index is 13.5. The first kappa shape index (κ1) is 22.5. The average Bonchev–Trinajstić information content (AvgIpc) is 3.13. The first-order chi connectivity index (χ1) is 14.6. The van der Waals surface area contributed by atoms with Crippen LogP contribution in [0.2, 0.25) is 0 Å². The molecule has 0 saturated carbocycles. The molecule has 1 aromatic carbocycles. The van der Waals surface area contributed by atoms with Crippen LogP contribution in [0.15, 0.2) is 35.1 Å². The van der Waals surface area contributed by atoms with Crippen LogP contribution in [0.3, 0.4) is 0 Å². The van der Waals surface area contributed by atoms with Crippen molar-refractivity contribution in [3.05, 3.63) is 51.9 Å². The van der Waals surface area contributed by atoms with E-state index in [1.165, 1.54) is 24.1 Å². The molecule has 2 atom stereocenters. The molecule has 3 rings (SSSR count). The monoisotopic (exact) mass is 444 g/mol. The quantitative estimate of drug-likeness (QED) is 0.637. The van der Waals surface area contributed by atoms with Crippen LogP contribution in [0, 0.1) is 0 Å². The molecule has 0 unspecified atom stereocenters. The molecule has 0 aliphatic carbocycles. The van der Waals surface area contributed by atoms with Gasteiger partial charge in [-0.15, -0.1) is 13.2 Å². The van der Waals surface area contributed by atoms with Gasteiger partial charge in [-0.2, -0.15) is 0 Å². The zero-order chi connectivity index (χ0) is 22.6. The number of H-pyrrole nitrogens is 1. The summed E-state index contributed by atoms with van der Waals surface area (Å²) in [5, 5.41) is 2.64. The van der Waals surface area contributed by atoms with E-state index in [1.54, 1.807) is 0 Å². The molecular weight excluding hydrogens is 424 g/mol. The van der Waals surface area contributed by atoms with Gasteiger partial charge in [-0.1, -0.05) is 12.1 Å². The lowest BCUT2D eigenvalue weighted by molar-refractivity contribution is -0.274. The fraction of sp³-hybridized carbons (Fsp3) is 0.421. The largest absolute Gasteiger partial charge is 0.573 e. The molecule has 0 radical (unpaired) electrons. The van der Waals surface area contributed by atoms with Crippen LogP contribution in [-0.4, -0.2) is 55.2 Å². The summed E-state index contributed by atoms with van der Waals surface area (Å²) in [6.07, 6.45) is -5.56. The number of halogens is 4. The van der Waals surface area contributed by atoms with Crippen molar-refractivity contribution in [2.45, 2.75) is 25.0 Å². The number of hydrogen-bond donors (Lipinski definition) is 2. The zero-order valence-electron chi connectivity index (χ0n) is 16.4. The standard InChI is InChI=1S/C19H20F4N4O4/c1-30-10-15(11-2-4-13(5-3-11)31-19(21,22)23)24-17(29)14-8-16(28)26-18(25-14)27-7-6-12(20)9-27/h2-5,8,12,15H,6-7,9-10H2,1H3,(H,24,29)(H,25,26,28)/t12-,15-/m1/s1. The van der Waals surface area contributed by atoms with Crippen LogP contribution in [0.4, 0.5) is 23.5 Å². The second-order valence-electron chi connectivity index (χ2n) is 6.88. The fourth-order valence-electron chi connectivity index (χ4n) is 3.14. The highest BCUT2D eigenvalue weighted by Gasteiger charge is 2.31. The van der Waals surface area contributed by atoms with Crippen molar-refractivity contribution >= 4 is 11.9 Å². The van der Waals surface area contributed by atoms with Crippen LogP contribution in [0.1, 0.15) is 28.5 Å². The predicted molar refractivity (Wildman–Crippen MR) is 102 cm³/mol. The van der Waals surface area contributed by atoms with Crippen molar-refractivity contribution in [2.75, 3.05) is 31.7 Å². The van der Waals surface area contributed by atoms with Gasteiger partial charge < -0.3 is 19.7 Å². The number of nitrogens with zero attached hydrogens (tertiary/aromatic N) is 2. The number of anilines is 1. The summed E-state index contributed by atoms with van der Waals surface area (Å²) in [5.41, 5.74) is -0.303. The third kappa shape index (κ3) is 6.17. The lowest BCUT2D eigenvalue weighted by Crippen LogP contribution is -2.34. The fourth-order valence-corrected chi connectivity index (χ4v) is 3.14. The van der Waals surface area contributed by atoms with Gasteiger partial charge in [-0.05, 0) is 24.1 Å². The van der Waals surface area contributed by atoms with E-state index in [-0.39, 0.29) is 24.8 Å². The Kier molecular flexibility index (Phi) is 6.78. The smallest absolute Gasteiger partial charge is 0.406 e. The van der Waals surface area contributed by atoms with Gasteiger partial charge >= 0.3 is 6.36 Å². The number of benzene rings is 1. The van der Waals surface area contributed by atoms with Crippen LogP contribution in [0.25, 0.3) is 0 Å². The van der Waals surface area contributed by atoms with Gasteiger partial charge in [0.15, 0.2) is 0 Å². The molecule has 1 fully saturated rings. The van der Waals surface area contributed by atoms with Gasteiger partial charge in [0.2, 0.25) is 5.95 Å². The number of amides is 1. The predicted octanol–water partition coefficient (Wildman–Crippen LogP) is 2.33. The Labute approximate surface area is 174 Å². The molecule has 2 N–H and O–H groups in total. The summed E-state index contributed by atoms with van der Waals surface area (Å²) in [6.45, 7) is 0.428. The van der Waals surface area contributed by atoms with E-state index in [4.69, 9.17) is 4.74 Å². The highest BCUT2D eigenvalue weighted by atomic mass is 19.4. The second kappa shape index (κ2) is 9.33. The Morgan fingerprint density at radius 1 is 1.35 bits per heavy atom. The minimum atomic E-state index is -4.82. The van der Waals surface area contributed by atoms with Crippen LogP contribution in [-0.2, 0) is 4.74 Å². The third-order valence-electron chi connectivity index (χ3n) is 4.55. The second-order valence-corrected chi connectivity index (χ2v) is 6.88. The minimum Gasteiger partial charge on any atom is -0.406 e. The minimum absolute atomic E-state index is 0.0108. The third-order valence-corrected chi connectivity index (χ3v) is 4.55. The van der Waals surface area contributed by atoms with Gasteiger partial charge in [-0.25, -0.2) is 9.37 Å². The number of alkyl halides is 4. The molecule has 168 valence electrons. The van der Waals surface area contributed by atoms with Crippen molar-refractivity contribution in [1.82, 2.24) is 15.3 Å². The maximum Gasteiger partial charge on any atom is 0.573 e. The molecule has 2 aromatic rings. The van der Waals surface area contributed by atoms with Crippen molar-refractivity contribution in [3.8, 4) is 5.75 Å². The summed E-state index contributed by atoms with van der Waals surface area (Å²) in [7, 11) is 1.39. The molecular formula is C19H20F4N4O4. The van der Waals surface area contributed by atoms with Gasteiger partial charge in [0, 0.05) is 19.7 Å². The molecule has 1 aromatic heterocycles. The van der Waals surface area contributed by atoms with Gasteiger partial charge in [-0.3, -0.25) is 14.6 Å². The summed E-state index contributed by atoms with van der Waals surface area (Å²) in [4.78, 5) is 32.8. The number of methoxy groups -OCH3 is 1. The SMILES string of the molecule is COC[C@@H](NC(=O)c1cc(=O)[nH]c(N2CC[C@@H](F)C2)n1)c1ccc(OC(F)(F)F)cc1. The highest BCUT2D eigenvalue weighted by Crippen LogP contribution is 2.25. The van der Waals surface area contributed by atoms with E-state index in [0.29, 0.717) is 18.5 Å². The zero-order valence-corrected chi connectivity index (χ0v) is 16.4. The average molecular weight is 444 g/mol. The molecule has 0 bridgehead atoms. The number of carbonyl (C=O) groups excluding carboxylic acids is 1. The number of rotatable bonds is 7. The maximum absolute atomic E-state index is 13.5. The van der Waals surface area contributed by atoms with E-state index in [2.05, 4.69) is 20.0 Å². The summed E-state index contributed by atoms with van der Waals surface area (Å²) < 4.78 is 59.3. The number of aromatic amines is 1. The van der Waals surface area contributed by atoms with Crippen molar-refractivity contribution in [1.29, 1.82) is 0 Å². The molecule has 1 aliphatic rings. The lowest BCUT2D eigenvalue weighted by Gasteiger charge is -2.20. The molecule has 0 spiro atoms. The van der Waals surface area contributed by atoms with E-state index in [0.717, 1.165) is 18.2 Å². The number of nitrogens with one attached hydrogen (secondary N) is 2. The first-order valence-electron chi connectivity index (χ1n) is 9.30. The van der Waals surface area contributed by atoms with Crippen LogP contribution < -0.4 is 20.5 Å². The van der Waals surface area contributed by atoms with Gasteiger partial charge in [0.1, 0.15) is 17.6 Å². The van der Waals surface area contributed by atoms with E-state index in [1.807, 2.05) is 0 Å². The molecule has 12 heteroatoms.